The van der Waals surface area contributed by atoms with Crippen LogP contribution >= 0.6 is 0 Å². The Morgan fingerprint density at radius 3 is 2.71 bits per heavy atom. The maximum atomic E-state index is 4.12. The number of nitrogens with one attached hydrogen (secondary N) is 1. The Hall–Kier alpha value is -1.08. The van der Waals surface area contributed by atoms with Gasteiger partial charge in [0.25, 0.3) is 0 Å². The molecule has 74 valence electrons. The molecule has 1 heterocycles. The minimum Gasteiger partial charge on any atom is -0.311 e. The lowest BCUT2D eigenvalue weighted by molar-refractivity contribution is 0.741. The van der Waals surface area contributed by atoms with Crippen LogP contribution in [0.4, 0.5) is 0 Å². The first-order valence-corrected chi connectivity index (χ1v) is 5.33. The van der Waals surface area contributed by atoms with Crippen LogP contribution in [0.25, 0.3) is 5.57 Å². The lowest BCUT2D eigenvalue weighted by Gasteiger charge is -2.04. The van der Waals surface area contributed by atoms with E-state index in [0.717, 1.165) is 12.5 Å². The Kier molecular flexibility index (Phi) is 3.00. The average molecular weight is 187 g/mol. The van der Waals surface area contributed by atoms with E-state index in [1.165, 1.54) is 30.5 Å². The first-order chi connectivity index (χ1) is 6.86. The number of rotatable bonds is 5. The second-order valence-corrected chi connectivity index (χ2v) is 3.97. The zero-order valence-corrected chi connectivity index (χ0v) is 8.50. The molecule has 1 aliphatic heterocycles. The Bertz CT molecular complexity index is 298. The SMILES string of the molecule is C=C(CCCC1CN1)c1ccccc1. The van der Waals surface area contributed by atoms with Crippen molar-refractivity contribution in [2.24, 2.45) is 0 Å². The number of benzene rings is 1. The van der Waals surface area contributed by atoms with Gasteiger partial charge in [-0.15, -0.1) is 0 Å². The normalized spacial score (nSPS) is 19.3. The largest absolute Gasteiger partial charge is 0.311 e. The lowest BCUT2D eigenvalue weighted by atomic mass is 10.0. The van der Waals surface area contributed by atoms with Crippen LogP contribution in [0.2, 0.25) is 0 Å². The zero-order chi connectivity index (χ0) is 9.80. The minimum atomic E-state index is 0.804. The van der Waals surface area contributed by atoms with Gasteiger partial charge in [-0.25, -0.2) is 0 Å². The molecule has 0 radical (unpaired) electrons. The van der Waals surface area contributed by atoms with Crippen LogP contribution in [0.15, 0.2) is 36.9 Å². The van der Waals surface area contributed by atoms with E-state index in [1.54, 1.807) is 0 Å². The van der Waals surface area contributed by atoms with Crippen molar-refractivity contribution in [3.63, 3.8) is 0 Å². The summed E-state index contributed by atoms with van der Waals surface area (Å²) in [5, 5.41) is 3.32. The molecule has 1 aromatic carbocycles. The molecule has 1 heteroatoms. The summed E-state index contributed by atoms with van der Waals surface area (Å²) in [7, 11) is 0. The van der Waals surface area contributed by atoms with E-state index in [9.17, 15) is 0 Å². The fourth-order valence-electron chi connectivity index (χ4n) is 1.67. The van der Waals surface area contributed by atoms with E-state index >= 15 is 0 Å². The van der Waals surface area contributed by atoms with E-state index in [-0.39, 0.29) is 0 Å². The van der Waals surface area contributed by atoms with Crippen molar-refractivity contribution in [3.05, 3.63) is 42.5 Å². The predicted octanol–water partition coefficient (Wildman–Crippen LogP) is 2.84. The third kappa shape index (κ3) is 2.71. The topological polar surface area (TPSA) is 21.9 Å². The molecule has 0 bridgehead atoms. The van der Waals surface area contributed by atoms with Crippen molar-refractivity contribution in [1.82, 2.24) is 5.32 Å². The highest BCUT2D eigenvalue weighted by Gasteiger charge is 2.18. The van der Waals surface area contributed by atoms with Crippen molar-refractivity contribution in [2.45, 2.75) is 25.3 Å². The summed E-state index contributed by atoms with van der Waals surface area (Å²) in [6, 6.07) is 11.3. The molecule has 1 atom stereocenters. The highest BCUT2D eigenvalue weighted by atomic mass is 15.1. The summed E-state index contributed by atoms with van der Waals surface area (Å²) in [6.07, 6.45) is 3.68. The molecular formula is C13H17N. The van der Waals surface area contributed by atoms with Crippen LogP contribution in [0.3, 0.4) is 0 Å². The van der Waals surface area contributed by atoms with Gasteiger partial charge in [0.2, 0.25) is 0 Å². The summed E-state index contributed by atoms with van der Waals surface area (Å²) in [6.45, 7) is 5.34. The molecular weight excluding hydrogens is 170 g/mol. The van der Waals surface area contributed by atoms with Gasteiger partial charge in [-0.2, -0.15) is 0 Å². The molecule has 14 heavy (non-hydrogen) atoms. The molecule has 1 aliphatic rings. The maximum Gasteiger partial charge on any atom is 0.0193 e. The maximum absolute atomic E-state index is 4.12. The van der Waals surface area contributed by atoms with Gasteiger partial charge < -0.3 is 5.32 Å². The van der Waals surface area contributed by atoms with Crippen LogP contribution < -0.4 is 5.32 Å². The van der Waals surface area contributed by atoms with Crippen LogP contribution in [0.5, 0.6) is 0 Å². The van der Waals surface area contributed by atoms with Gasteiger partial charge in [0.1, 0.15) is 0 Å². The van der Waals surface area contributed by atoms with Gasteiger partial charge in [0, 0.05) is 12.6 Å². The Labute approximate surface area is 85.8 Å². The molecule has 0 amide bonds. The zero-order valence-electron chi connectivity index (χ0n) is 8.50. The molecule has 1 N–H and O–H groups in total. The molecule has 0 spiro atoms. The van der Waals surface area contributed by atoms with Crippen LogP contribution in [-0.2, 0) is 0 Å². The highest BCUT2D eigenvalue weighted by molar-refractivity contribution is 5.62. The standard InChI is InChI=1S/C13H17N/c1-11(6-5-9-13-10-14-13)12-7-3-2-4-8-12/h2-4,7-8,13-14H,1,5-6,9-10H2. The Morgan fingerprint density at radius 2 is 2.07 bits per heavy atom. The molecule has 2 rings (SSSR count). The van der Waals surface area contributed by atoms with E-state index < -0.39 is 0 Å². The molecule has 0 saturated carbocycles. The summed E-state index contributed by atoms with van der Waals surface area (Å²) in [4.78, 5) is 0. The van der Waals surface area contributed by atoms with Gasteiger partial charge in [0.15, 0.2) is 0 Å². The van der Waals surface area contributed by atoms with Crippen LogP contribution in [0.1, 0.15) is 24.8 Å². The summed E-state index contributed by atoms with van der Waals surface area (Å²) >= 11 is 0. The van der Waals surface area contributed by atoms with E-state index in [4.69, 9.17) is 0 Å². The van der Waals surface area contributed by atoms with Crippen molar-refractivity contribution >= 4 is 5.57 Å². The van der Waals surface area contributed by atoms with Crippen molar-refractivity contribution in [1.29, 1.82) is 0 Å². The molecule has 1 unspecified atom stereocenters. The fraction of sp³-hybridized carbons (Fsp3) is 0.385. The summed E-state index contributed by atoms with van der Waals surface area (Å²) < 4.78 is 0. The summed E-state index contributed by atoms with van der Waals surface area (Å²) in [5.41, 5.74) is 2.56. The predicted molar refractivity (Wildman–Crippen MR) is 61.1 cm³/mol. The molecule has 1 fully saturated rings. The van der Waals surface area contributed by atoms with Gasteiger partial charge in [-0.3, -0.25) is 0 Å². The second-order valence-electron chi connectivity index (χ2n) is 3.97. The minimum absolute atomic E-state index is 0.804. The number of allylic oxidation sites excluding steroid dienone is 1. The van der Waals surface area contributed by atoms with Crippen molar-refractivity contribution in [2.75, 3.05) is 6.54 Å². The van der Waals surface area contributed by atoms with Crippen molar-refractivity contribution < 1.29 is 0 Å². The average Bonchev–Trinajstić information content (AvgIpc) is 3.03. The summed E-state index contributed by atoms with van der Waals surface area (Å²) in [5.74, 6) is 0. The highest BCUT2D eigenvalue weighted by Crippen LogP contribution is 2.19. The molecule has 1 saturated heterocycles. The second kappa shape index (κ2) is 4.43. The monoisotopic (exact) mass is 187 g/mol. The third-order valence-electron chi connectivity index (χ3n) is 2.71. The molecule has 1 aromatic rings. The van der Waals surface area contributed by atoms with Gasteiger partial charge in [-0.1, -0.05) is 36.9 Å². The Balaban J connectivity index is 1.77. The molecule has 0 aromatic heterocycles. The van der Waals surface area contributed by atoms with Crippen LogP contribution in [0, 0.1) is 0 Å². The molecule has 0 aliphatic carbocycles. The third-order valence-corrected chi connectivity index (χ3v) is 2.71. The van der Waals surface area contributed by atoms with Gasteiger partial charge >= 0.3 is 0 Å². The van der Waals surface area contributed by atoms with E-state index in [0.29, 0.717) is 0 Å². The Morgan fingerprint density at radius 1 is 1.36 bits per heavy atom. The van der Waals surface area contributed by atoms with Gasteiger partial charge in [0.05, 0.1) is 0 Å². The van der Waals surface area contributed by atoms with E-state index in [1.807, 2.05) is 6.07 Å². The van der Waals surface area contributed by atoms with Gasteiger partial charge in [-0.05, 0) is 30.4 Å². The first kappa shape index (κ1) is 9.47. The fourth-order valence-corrected chi connectivity index (χ4v) is 1.67. The van der Waals surface area contributed by atoms with E-state index in [2.05, 4.69) is 36.2 Å². The smallest absolute Gasteiger partial charge is 0.0193 e. The van der Waals surface area contributed by atoms with Crippen molar-refractivity contribution in [3.8, 4) is 0 Å². The number of hydrogen-bond donors (Lipinski definition) is 1. The quantitative estimate of drug-likeness (QED) is 0.703. The lowest BCUT2D eigenvalue weighted by Crippen LogP contribution is -1.91. The molecule has 1 nitrogen and oxygen atoms in total. The van der Waals surface area contributed by atoms with Crippen LogP contribution in [-0.4, -0.2) is 12.6 Å². The number of hydrogen-bond acceptors (Lipinski definition) is 1. The first-order valence-electron chi connectivity index (χ1n) is 5.33.